The van der Waals surface area contributed by atoms with Crippen molar-refractivity contribution in [1.82, 2.24) is 10.2 Å². The second-order valence-electron chi connectivity index (χ2n) is 5.97. The van der Waals surface area contributed by atoms with Crippen molar-refractivity contribution >= 4 is 5.91 Å². The Morgan fingerprint density at radius 1 is 1.33 bits per heavy atom. The van der Waals surface area contributed by atoms with Gasteiger partial charge in [0.2, 0.25) is 0 Å². The molecular weight excluding hydrogens is 264 g/mol. The Morgan fingerprint density at radius 2 is 2.14 bits per heavy atom. The quantitative estimate of drug-likeness (QED) is 0.924. The van der Waals surface area contributed by atoms with Gasteiger partial charge in [-0.3, -0.25) is 4.79 Å². The Hall–Kier alpha value is -1.55. The molecule has 114 valence electrons. The van der Waals surface area contributed by atoms with E-state index in [-0.39, 0.29) is 12.5 Å². The summed E-state index contributed by atoms with van der Waals surface area (Å²) < 4.78 is 5.70. The first kappa shape index (κ1) is 14.4. The zero-order valence-corrected chi connectivity index (χ0v) is 12.7. The van der Waals surface area contributed by atoms with Crippen LogP contribution in [0.25, 0.3) is 0 Å². The normalized spacial score (nSPS) is 21.2. The van der Waals surface area contributed by atoms with Crippen molar-refractivity contribution in [2.75, 3.05) is 26.7 Å². The SMILES string of the molecule is CNC1CCCc2cc(OCC(=O)N3CCCC3)ccc21. The van der Waals surface area contributed by atoms with E-state index in [1.165, 1.54) is 24.0 Å². The van der Waals surface area contributed by atoms with Crippen molar-refractivity contribution in [3.63, 3.8) is 0 Å². The third-order valence-electron chi connectivity index (χ3n) is 4.60. The van der Waals surface area contributed by atoms with Crippen molar-refractivity contribution < 1.29 is 9.53 Å². The second kappa shape index (κ2) is 6.48. The van der Waals surface area contributed by atoms with E-state index in [9.17, 15) is 4.79 Å². The molecule has 1 atom stereocenters. The number of ether oxygens (including phenoxy) is 1. The van der Waals surface area contributed by atoms with Gasteiger partial charge in [0.25, 0.3) is 5.91 Å². The summed E-state index contributed by atoms with van der Waals surface area (Å²) >= 11 is 0. The monoisotopic (exact) mass is 288 g/mol. The maximum absolute atomic E-state index is 12.0. The summed E-state index contributed by atoms with van der Waals surface area (Å²) in [6.45, 7) is 1.93. The van der Waals surface area contributed by atoms with Crippen LogP contribution < -0.4 is 10.1 Å². The molecule has 4 nitrogen and oxygen atoms in total. The Labute approximate surface area is 126 Å². The number of carbonyl (C=O) groups excluding carboxylic acids is 1. The average molecular weight is 288 g/mol. The Balaban J connectivity index is 1.62. The van der Waals surface area contributed by atoms with Crippen LogP contribution in [0.5, 0.6) is 5.75 Å². The molecule has 1 heterocycles. The van der Waals surface area contributed by atoms with Crippen LogP contribution in [0.1, 0.15) is 42.9 Å². The molecule has 3 rings (SSSR count). The number of carbonyl (C=O) groups is 1. The molecule has 1 aliphatic heterocycles. The number of rotatable bonds is 4. The minimum absolute atomic E-state index is 0.110. The van der Waals surface area contributed by atoms with Gasteiger partial charge in [-0.1, -0.05) is 6.07 Å². The highest BCUT2D eigenvalue weighted by atomic mass is 16.5. The molecule has 1 saturated heterocycles. The minimum atomic E-state index is 0.110. The van der Waals surface area contributed by atoms with E-state index in [0.717, 1.165) is 38.1 Å². The van der Waals surface area contributed by atoms with Gasteiger partial charge in [0.15, 0.2) is 6.61 Å². The van der Waals surface area contributed by atoms with Crippen molar-refractivity contribution in [3.05, 3.63) is 29.3 Å². The number of benzene rings is 1. The lowest BCUT2D eigenvalue weighted by Gasteiger charge is -2.25. The third kappa shape index (κ3) is 3.21. The first-order chi connectivity index (χ1) is 10.3. The fraction of sp³-hybridized carbons (Fsp3) is 0.588. The van der Waals surface area contributed by atoms with Crippen LogP contribution in [-0.4, -0.2) is 37.6 Å². The smallest absolute Gasteiger partial charge is 0.260 e. The lowest BCUT2D eigenvalue weighted by Crippen LogP contribution is -2.32. The highest BCUT2D eigenvalue weighted by Crippen LogP contribution is 2.31. The number of likely N-dealkylation sites (tertiary alicyclic amines) is 1. The molecule has 21 heavy (non-hydrogen) atoms. The predicted octanol–water partition coefficient (Wildman–Crippen LogP) is 2.28. The number of aryl methyl sites for hydroxylation is 1. The largest absolute Gasteiger partial charge is 0.484 e. The van der Waals surface area contributed by atoms with Crippen molar-refractivity contribution in [2.45, 2.75) is 38.1 Å². The number of amides is 1. The number of hydrogen-bond acceptors (Lipinski definition) is 3. The van der Waals surface area contributed by atoms with Crippen LogP contribution >= 0.6 is 0 Å². The molecule has 0 spiro atoms. The number of nitrogens with one attached hydrogen (secondary N) is 1. The summed E-state index contributed by atoms with van der Waals surface area (Å²) in [5.41, 5.74) is 2.73. The Morgan fingerprint density at radius 3 is 2.90 bits per heavy atom. The molecule has 1 amide bonds. The zero-order valence-electron chi connectivity index (χ0n) is 12.7. The van der Waals surface area contributed by atoms with Gasteiger partial charge in [0.1, 0.15) is 5.75 Å². The van der Waals surface area contributed by atoms with E-state index < -0.39 is 0 Å². The van der Waals surface area contributed by atoms with Gasteiger partial charge in [-0.15, -0.1) is 0 Å². The molecule has 0 radical (unpaired) electrons. The highest BCUT2D eigenvalue weighted by Gasteiger charge is 2.20. The van der Waals surface area contributed by atoms with E-state index in [1.54, 1.807) is 0 Å². The van der Waals surface area contributed by atoms with Gasteiger partial charge in [-0.05, 0) is 62.4 Å². The molecule has 1 aromatic carbocycles. The highest BCUT2D eigenvalue weighted by molar-refractivity contribution is 5.78. The van der Waals surface area contributed by atoms with Crippen LogP contribution in [0.2, 0.25) is 0 Å². The number of hydrogen-bond donors (Lipinski definition) is 1. The molecule has 1 unspecified atom stereocenters. The standard InChI is InChI=1S/C17H24N2O2/c1-18-16-6-4-5-13-11-14(7-8-15(13)16)21-12-17(20)19-9-2-3-10-19/h7-8,11,16,18H,2-6,9-10,12H2,1H3. The van der Waals surface area contributed by atoms with Gasteiger partial charge in [-0.25, -0.2) is 0 Å². The van der Waals surface area contributed by atoms with Crippen LogP contribution in [0.3, 0.4) is 0 Å². The van der Waals surface area contributed by atoms with E-state index in [1.807, 2.05) is 18.0 Å². The van der Waals surface area contributed by atoms with Gasteiger partial charge >= 0.3 is 0 Å². The van der Waals surface area contributed by atoms with Gasteiger partial charge < -0.3 is 15.0 Å². The molecule has 0 bridgehead atoms. The molecular formula is C17H24N2O2. The zero-order chi connectivity index (χ0) is 14.7. The van der Waals surface area contributed by atoms with E-state index in [4.69, 9.17) is 4.74 Å². The summed E-state index contributed by atoms with van der Waals surface area (Å²) in [7, 11) is 2.01. The summed E-state index contributed by atoms with van der Waals surface area (Å²) in [6.07, 6.45) is 5.74. The molecule has 0 aromatic heterocycles. The van der Waals surface area contributed by atoms with Gasteiger partial charge in [-0.2, -0.15) is 0 Å². The number of fused-ring (bicyclic) bond motifs is 1. The first-order valence-corrected chi connectivity index (χ1v) is 7.98. The molecule has 0 saturated carbocycles. The fourth-order valence-corrected chi connectivity index (χ4v) is 3.38. The Kier molecular flexibility index (Phi) is 4.44. The van der Waals surface area contributed by atoms with E-state index >= 15 is 0 Å². The van der Waals surface area contributed by atoms with Crippen LogP contribution in [0.4, 0.5) is 0 Å². The third-order valence-corrected chi connectivity index (χ3v) is 4.60. The van der Waals surface area contributed by atoms with Crippen LogP contribution in [0, 0.1) is 0 Å². The fourth-order valence-electron chi connectivity index (χ4n) is 3.38. The minimum Gasteiger partial charge on any atom is -0.484 e. The van der Waals surface area contributed by atoms with Crippen LogP contribution in [-0.2, 0) is 11.2 Å². The Bertz CT molecular complexity index is 510. The summed E-state index contributed by atoms with van der Waals surface area (Å²) in [4.78, 5) is 13.9. The number of nitrogens with zero attached hydrogens (tertiary/aromatic N) is 1. The first-order valence-electron chi connectivity index (χ1n) is 7.98. The lowest BCUT2D eigenvalue weighted by molar-refractivity contribution is -0.132. The van der Waals surface area contributed by atoms with E-state index in [2.05, 4.69) is 17.4 Å². The van der Waals surface area contributed by atoms with E-state index in [0.29, 0.717) is 6.04 Å². The van der Waals surface area contributed by atoms with Crippen LogP contribution in [0.15, 0.2) is 18.2 Å². The molecule has 1 aromatic rings. The van der Waals surface area contributed by atoms with Gasteiger partial charge in [0, 0.05) is 19.1 Å². The summed E-state index contributed by atoms with van der Waals surface area (Å²) in [6, 6.07) is 6.70. The molecule has 1 N–H and O–H groups in total. The van der Waals surface area contributed by atoms with Crippen molar-refractivity contribution in [1.29, 1.82) is 0 Å². The molecule has 1 fully saturated rings. The molecule has 1 aliphatic carbocycles. The van der Waals surface area contributed by atoms with Crippen molar-refractivity contribution in [2.24, 2.45) is 0 Å². The molecule has 4 heteroatoms. The maximum atomic E-state index is 12.0. The topological polar surface area (TPSA) is 41.6 Å². The second-order valence-corrected chi connectivity index (χ2v) is 5.97. The average Bonchev–Trinajstić information content (AvgIpc) is 3.06. The lowest BCUT2D eigenvalue weighted by atomic mass is 9.87. The van der Waals surface area contributed by atoms with Gasteiger partial charge in [0.05, 0.1) is 0 Å². The molecule has 2 aliphatic rings. The maximum Gasteiger partial charge on any atom is 0.260 e. The predicted molar refractivity (Wildman–Crippen MR) is 82.5 cm³/mol. The van der Waals surface area contributed by atoms with Crippen molar-refractivity contribution in [3.8, 4) is 5.75 Å². The summed E-state index contributed by atoms with van der Waals surface area (Å²) in [5.74, 6) is 0.927. The summed E-state index contributed by atoms with van der Waals surface area (Å²) in [5, 5.41) is 3.37.